The second-order valence-corrected chi connectivity index (χ2v) is 5.78. The van der Waals surface area contributed by atoms with Gasteiger partial charge in [0.25, 0.3) is 5.91 Å². The van der Waals surface area contributed by atoms with Crippen LogP contribution in [0.4, 0.5) is 5.13 Å². The van der Waals surface area contributed by atoms with Crippen LogP contribution in [0.5, 0.6) is 0 Å². The van der Waals surface area contributed by atoms with Gasteiger partial charge in [-0.3, -0.25) is 10.1 Å². The van der Waals surface area contributed by atoms with Gasteiger partial charge in [-0.15, -0.1) is 11.3 Å². The summed E-state index contributed by atoms with van der Waals surface area (Å²) in [4.78, 5) is 27.5. The highest BCUT2D eigenvalue weighted by atomic mass is 35.5. The first-order chi connectivity index (χ1) is 9.95. The van der Waals surface area contributed by atoms with Crippen LogP contribution in [0, 0.1) is 6.92 Å². The Labute approximate surface area is 129 Å². The Kier molecular flexibility index (Phi) is 4.72. The second kappa shape index (κ2) is 6.51. The molecule has 0 aliphatic rings. The predicted octanol–water partition coefficient (Wildman–Crippen LogP) is 3.46. The van der Waals surface area contributed by atoms with Gasteiger partial charge in [-0.2, -0.15) is 0 Å². The van der Waals surface area contributed by atoms with Crippen LogP contribution in [0.25, 0.3) is 6.08 Å². The van der Waals surface area contributed by atoms with Gasteiger partial charge < -0.3 is 5.11 Å². The number of hydrogen-bond acceptors (Lipinski definition) is 4. The molecule has 0 atom stereocenters. The number of carbonyl (C=O) groups is 2. The molecule has 0 spiro atoms. The zero-order valence-corrected chi connectivity index (χ0v) is 12.5. The van der Waals surface area contributed by atoms with Gasteiger partial charge in [0.1, 0.15) is 0 Å². The summed E-state index contributed by atoms with van der Waals surface area (Å²) in [6.07, 6.45) is 4.03. The molecular formula is C14H11ClN2O3S. The van der Waals surface area contributed by atoms with Gasteiger partial charge in [0.05, 0.1) is 0 Å². The quantitative estimate of drug-likeness (QED) is 0.845. The van der Waals surface area contributed by atoms with Crippen molar-refractivity contribution < 1.29 is 14.7 Å². The number of aryl methyl sites for hydroxylation is 1. The Morgan fingerprint density at radius 3 is 2.76 bits per heavy atom. The van der Waals surface area contributed by atoms with E-state index in [4.69, 9.17) is 16.7 Å². The van der Waals surface area contributed by atoms with Crippen LogP contribution in [0.3, 0.4) is 0 Å². The molecule has 0 aliphatic carbocycles. The molecule has 0 unspecified atom stereocenters. The molecule has 2 rings (SSSR count). The number of hydrogen-bond donors (Lipinski definition) is 2. The van der Waals surface area contributed by atoms with E-state index in [1.54, 1.807) is 18.3 Å². The van der Waals surface area contributed by atoms with Crippen molar-refractivity contribution >= 4 is 46.0 Å². The maximum atomic E-state index is 12.0. The minimum atomic E-state index is -1.06. The molecule has 0 saturated heterocycles. The fraction of sp³-hybridized carbons (Fsp3) is 0.0714. The number of carboxylic acid groups (broad SMARTS) is 1. The minimum Gasteiger partial charge on any atom is -0.478 e. The smallest absolute Gasteiger partial charge is 0.328 e. The van der Waals surface area contributed by atoms with Gasteiger partial charge in [-0.25, -0.2) is 9.78 Å². The summed E-state index contributed by atoms with van der Waals surface area (Å²) in [7, 11) is 0. The van der Waals surface area contributed by atoms with Crippen LogP contribution in [-0.2, 0) is 4.79 Å². The molecule has 1 heterocycles. The lowest BCUT2D eigenvalue weighted by atomic mass is 10.1. The molecule has 108 valence electrons. The van der Waals surface area contributed by atoms with E-state index in [2.05, 4.69) is 10.3 Å². The predicted molar refractivity (Wildman–Crippen MR) is 82.9 cm³/mol. The average molecular weight is 323 g/mol. The van der Waals surface area contributed by atoms with Crippen molar-refractivity contribution in [3.63, 3.8) is 0 Å². The van der Waals surface area contributed by atoms with E-state index in [0.717, 1.165) is 11.0 Å². The zero-order valence-electron chi connectivity index (χ0n) is 11.0. The number of aliphatic carboxylic acids is 1. The Hall–Kier alpha value is -2.18. The number of amides is 1. The van der Waals surface area contributed by atoms with E-state index in [1.807, 2.05) is 6.92 Å². The highest BCUT2D eigenvalue weighted by molar-refractivity contribution is 7.15. The third kappa shape index (κ3) is 4.14. The Morgan fingerprint density at radius 2 is 2.19 bits per heavy atom. The number of halogens is 1. The van der Waals surface area contributed by atoms with E-state index in [0.29, 0.717) is 21.3 Å². The summed E-state index contributed by atoms with van der Waals surface area (Å²) in [6.45, 7) is 1.90. The molecule has 0 radical (unpaired) electrons. The van der Waals surface area contributed by atoms with Crippen LogP contribution >= 0.6 is 22.9 Å². The van der Waals surface area contributed by atoms with Crippen molar-refractivity contribution in [3.8, 4) is 0 Å². The van der Waals surface area contributed by atoms with E-state index >= 15 is 0 Å². The number of aromatic nitrogens is 1. The number of nitrogens with zero attached hydrogens (tertiary/aromatic N) is 1. The lowest BCUT2D eigenvalue weighted by Gasteiger charge is -2.04. The van der Waals surface area contributed by atoms with Crippen LogP contribution in [-0.4, -0.2) is 22.0 Å². The number of carboxylic acids is 1. The van der Waals surface area contributed by atoms with Crippen molar-refractivity contribution in [2.45, 2.75) is 6.92 Å². The number of benzene rings is 1. The lowest BCUT2D eigenvalue weighted by Crippen LogP contribution is -2.11. The van der Waals surface area contributed by atoms with Crippen molar-refractivity contribution in [1.82, 2.24) is 4.98 Å². The summed E-state index contributed by atoms with van der Waals surface area (Å²) in [6, 6.07) is 4.64. The molecule has 1 aromatic carbocycles. The molecule has 0 saturated carbocycles. The first kappa shape index (κ1) is 15.2. The normalized spacial score (nSPS) is 10.8. The number of carbonyl (C=O) groups excluding carboxylic acids is 1. The summed E-state index contributed by atoms with van der Waals surface area (Å²) in [5.74, 6) is -1.38. The highest BCUT2D eigenvalue weighted by Crippen LogP contribution is 2.21. The van der Waals surface area contributed by atoms with E-state index in [9.17, 15) is 9.59 Å². The summed E-state index contributed by atoms with van der Waals surface area (Å²) >= 11 is 7.40. The molecule has 0 bridgehead atoms. The number of nitrogens with one attached hydrogen (secondary N) is 1. The van der Waals surface area contributed by atoms with Crippen LogP contribution in [0.1, 0.15) is 20.8 Å². The van der Waals surface area contributed by atoms with Gasteiger partial charge in [0.2, 0.25) is 0 Å². The second-order valence-electron chi connectivity index (χ2n) is 4.14. The summed E-state index contributed by atoms with van der Waals surface area (Å²) < 4.78 is 0. The SMILES string of the molecule is Cc1cnc(NC(=O)c2ccc(/C=C/C(=O)O)c(Cl)c2)s1. The van der Waals surface area contributed by atoms with E-state index in [1.165, 1.54) is 23.5 Å². The van der Waals surface area contributed by atoms with Crippen molar-refractivity contribution in [1.29, 1.82) is 0 Å². The van der Waals surface area contributed by atoms with E-state index in [-0.39, 0.29) is 5.91 Å². The minimum absolute atomic E-state index is 0.301. The van der Waals surface area contributed by atoms with Crippen molar-refractivity contribution in [2.75, 3.05) is 5.32 Å². The lowest BCUT2D eigenvalue weighted by molar-refractivity contribution is -0.131. The molecule has 1 aromatic heterocycles. The van der Waals surface area contributed by atoms with Gasteiger partial charge in [0.15, 0.2) is 5.13 Å². The summed E-state index contributed by atoms with van der Waals surface area (Å²) in [5, 5.41) is 12.1. The number of anilines is 1. The van der Waals surface area contributed by atoms with Gasteiger partial charge in [-0.1, -0.05) is 17.7 Å². The average Bonchev–Trinajstić information content (AvgIpc) is 2.82. The largest absolute Gasteiger partial charge is 0.478 e. The van der Waals surface area contributed by atoms with Gasteiger partial charge in [0, 0.05) is 27.7 Å². The van der Waals surface area contributed by atoms with Crippen molar-refractivity contribution in [2.24, 2.45) is 0 Å². The zero-order chi connectivity index (χ0) is 15.4. The fourth-order valence-electron chi connectivity index (χ4n) is 1.55. The topological polar surface area (TPSA) is 79.3 Å². The van der Waals surface area contributed by atoms with Crippen LogP contribution in [0.15, 0.2) is 30.5 Å². The van der Waals surface area contributed by atoms with Crippen LogP contribution < -0.4 is 5.32 Å². The van der Waals surface area contributed by atoms with Gasteiger partial charge in [-0.05, 0) is 30.7 Å². The maximum Gasteiger partial charge on any atom is 0.328 e. The fourth-order valence-corrected chi connectivity index (χ4v) is 2.45. The highest BCUT2D eigenvalue weighted by Gasteiger charge is 2.10. The molecule has 5 nitrogen and oxygen atoms in total. The third-order valence-corrected chi connectivity index (χ3v) is 3.67. The molecule has 7 heteroatoms. The summed E-state index contributed by atoms with van der Waals surface area (Å²) in [5.41, 5.74) is 0.904. The molecule has 21 heavy (non-hydrogen) atoms. The van der Waals surface area contributed by atoms with E-state index < -0.39 is 5.97 Å². The molecule has 0 aliphatic heterocycles. The van der Waals surface area contributed by atoms with Crippen LogP contribution in [0.2, 0.25) is 5.02 Å². The Bertz CT molecular complexity index is 725. The van der Waals surface area contributed by atoms with Crippen molar-refractivity contribution in [3.05, 3.63) is 51.5 Å². The molecule has 2 N–H and O–H groups in total. The number of rotatable bonds is 4. The molecule has 1 amide bonds. The Balaban J connectivity index is 2.15. The van der Waals surface area contributed by atoms with Gasteiger partial charge >= 0.3 is 5.97 Å². The molecule has 0 fully saturated rings. The standard InChI is InChI=1S/C14H11ClN2O3S/c1-8-7-16-14(21-8)17-13(20)10-3-2-9(11(15)6-10)4-5-12(18)19/h2-7H,1H3,(H,18,19)(H,16,17,20)/b5-4+. The Morgan fingerprint density at radius 1 is 1.43 bits per heavy atom. The first-order valence-corrected chi connectivity index (χ1v) is 7.09. The first-order valence-electron chi connectivity index (χ1n) is 5.90. The number of thiazole rings is 1. The molecular weight excluding hydrogens is 312 g/mol. The molecule has 2 aromatic rings. The maximum absolute atomic E-state index is 12.0. The third-order valence-electron chi connectivity index (χ3n) is 2.51. The monoisotopic (exact) mass is 322 g/mol.